The number of H-pyrrole nitrogens is 1. The Morgan fingerprint density at radius 2 is 1.90 bits per heavy atom. The molecular formula is C16H26N4O. The van der Waals surface area contributed by atoms with Gasteiger partial charge in [0.1, 0.15) is 5.82 Å². The quantitative estimate of drug-likeness (QED) is 0.865. The zero-order valence-corrected chi connectivity index (χ0v) is 13.4. The number of carbonyl (C=O) groups is 1. The molecule has 1 aliphatic heterocycles. The van der Waals surface area contributed by atoms with Gasteiger partial charge in [-0.05, 0) is 24.7 Å². The van der Waals surface area contributed by atoms with E-state index < -0.39 is 0 Å². The number of nitrogens with zero attached hydrogens (tertiary/aromatic N) is 3. The molecule has 2 atom stereocenters. The molecule has 0 aromatic carbocycles. The van der Waals surface area contributed by atoms with Crippen LogP contribution in [0, 0.1) is 11.8 Å². The van der Waals surface area contributed by atoms with Crippen LogP contribution in [0.3, 0.4) is 0 Å². The first-order valence-electron chi connectivity index (χ1n) is 8.17. The first kappa shape index (κ1) is 14.5. The lowest BCUT2D eigenvalue weighted by atomic mass is 9.75. The van der Waals surface area contributed by atoms with E-state index in [-0.39, 0.29) is 11.3 Å². The third kappa shape index (κ3) is 2.97. The minimum Gasteiger partial charge on any atom is -0.336 e. The molecule has 5 heteroatoms. The second kappa shape index (κ2) is 5.43. The van der Waals surface area contributed by atoms with Crippen molar-refractivity contribution < 1.29 is 4.79 Å². The maximum absolute atomic E-state index is 12.6. The first-order chi connectivity index (χ1) is 9.95. The van der Waals surface area contributed by atoms with Crippen LogP contribution in [-0.4, -0.2) is 39.1 Å². The summed E-state index contributed by atoms with van der Waals surface area (Å²) in [6, 6.07) is 0. The number of piperidine rings is 1. The summed E-state index contributed by atoms with van der Waals surface area (Å²) in [7, 11) is 0. The molecule has 5 nitrogen and oxygen atoms in total. The molecule has 116 valence electrons. The van der Waals surface area contributed by atoms with Crippen LogP contribution in [0.1, 0.15) is 69.3 Å². The number of rotatable bonds is 1. The molecular weight excluding hydrogens is 264 g/mol. The standard InChI is InChI=1S/C16H26N4O/c1-16(2,3)15-17-13(18-19-15)14(21)20-9-8-11-6-4-5-7-12(11)10-20/h11-12H,4-10H2,1-3H3,(H,17,18,19). The van der Waals surface area contributed by atoms with Gasteiger partial charge in [0.05, 0.1) is 0 Å². The molecule has 2 unspecified atom stereocenters. The largest absolute Gasteiger partial charge is 0.336 e. The van der Waals surface area contributed by atoms with E-state index in [9.17, 15) is 4.79 Å². The van der Waals surface area contributed by atoms with Gasteiger partial charge in [0, 0.05) is 18.5 Å². The highest BCUT2D eigenvalue weighted by atomic mass is 16.2. The lowest BCUT2D eigenvalue weighted by Gasteiger charge is -2.40. The fourth-order valence-corrected chi connectivity index (χ4v) is 3.62. The zero-order valence-electron chi connectivity index (χ0n) is 13.4. The summed E-state index contributed by atoms with van der Waals surface area (Å²) in [5.41, 5.74) is -0.109. The minimum absolute atomic E-state index is 0.00854. The van der Waals surface area contributed by atoms with Gasteiger partial charge in [-0.25, -0.2) is 4.98 Å². The van der Waals surface area contributed by atoms with Gasteiger partial charge in [0.15, 0.2) is 0 Å². The number of likely N-dealkylation sites (tertiary alicyclic amines) is 1. The molecule has 0 spiro atoms. The molecule has 1 N–H and O–H groups in total. The van der Waals surface area contributed by atoms with E-state index in [1.54, 1.807) is 0 Å². The molecule has 2 aliphatic rings. The molecule has 2 fully saturated rings. The van der Waals surface area contributed by atoms with E-state index in [0.29, 0.717) is 11.7 Å². The summed E-state index contributed by atoms with van der Waals surface area (Å²) in [5, 5.41) is 7.05. The number of hydrogen-bond acceptors (Lipinski definition) is 3. The summed E-state index contributed by atoms with van der Waals surface area (Å²) >= 11 is 0. The number of aromatic nitrogens is 3. The maximum atomic E-state index is 12.6. The van der Waals surface area contributed by atoms with Gasteiger partial charge >= 0.3 is 0 Å². The number of nitrogens with one attached hydrogen (secondary N) is 1. The molecule has 1 aromatic heterocycles. The lowest BCUT2D eigenvalue weighted by Crippen LogP contribution is -2.45. The molecule has 0 radical (unpaired) electrons. The van der Waals surface area contributed by atoms with Crippen LogP contribution in [0.25, 0.3) is 0 Å². The average molecular weight is 290 g/mol. The van der Waals surface area contributed by atoms with Gasteiger partial charge in [0.25, 0.3) is 5.91 Å². The highest BCUT2D eigenvalue weighted by molar-refractivity contribution is 5.90. The number of aromatic amines is 1. The van der Waals surface area contributed by atoms with Crippen molar-refractivity contribution in [3.63, 3.8) is 0 Å². The van der Waals surface area contributed by atoms with E-state index in [1.807, 2.05) is 4.90 Å². The SMILES string of the molecule is CC(C)(C)c1nc(C(=O)N2CCC3CCCCC3C2)n[nH]1. The molecule has 0 bridgehead atoms. The number of hydrogen-bond donors (Lipinski definition) is 1. The predicted molar refractivity (Wildman–Crippen MR) is 81.1 cm³/mol. The fraction of sp³-hybridized carbons (Fsp3) is 0.812. The van der Waals surface area contributed by atoms with Crippen LogP contribution < -0.4 is 0 Å². The van der Waals surface area contributed by atoms with Gasteiger partial charge in [-0.2, -0.15) is 0 Å². The van der Waals surface area contributed by atoms with Crippen molar-refractivity contribution in [3.05, 3.63) is 11.6 Å². The van der Waals surface area contributed by atoms with Crippen LogP contribution in [0.5, 0.6) is 0 Å². The van der Waals surface area contributed by atoms with Crippen LogP contribution in [0.2, 0.25) is 0 Å². The summed E-state index contributed by atoms with van der Waals surface area (Å²) in [6.45, 7) is 7.95. The second-order valence-electron chi connectivity index (χ2n) is 7.60. The Hall–Kier alpha value is -1.39. The van der Waals surface area contributed by atoms with E-state index in [1.165, 1.54) is 25.7 Å². The third-order valence-electron chi connectivity index (χ3n) is 4.97. The Kier molecular flexibility index (Phi) is 3.76. The van der Waals surface area contributed by atoms with E-state index in [0.717, 1.165) is 31.3 Å². The predicted octanol–water partition coefficient (Wildman–Crippen LogP) is 2.75. The van der Waals surface area contributed by atoms with Crippen molar-refractivity contribution in [2.24, 2.45) is 11.8 Å². The fourth-order valence-electron chi connectivity index (χ4n) is 3.62. The van der Waals surface area contributed by atoms with Crippen molar-refractivity contribution in [2.75, 3.05) is 13.1 Å². The van der Waals surface area contributed by atoms with Crippen LogP contribution in [0.15, 0.2) is 0 Å². The van der Waals surface area contributed by atoms with E-state index in [4.69, 9.17) is 0 Å². The van der Waals surface area contributed by atoms with E-state index in [2.05, 4.69) is 36.0 Å². The number of carbonyl (C=O) groups excluding carboxylic acids is 1. The average Bonchev–Trinajstić information content (AvgIpc) is 2.96. The smallest absolute Gasteiger partial charge is 0.293 e. The molecule has 1 aliphatic carbocycles. The molecule has 1 saturated carbocycles. The normalized spacial score (nSPS) is 26.5. The van der Waals surface area contributed by atoms with E-state index >= 15 is 0 Å². The van der Waals surface area contributed by atoms with Gasteiger partial charge in [0.2, 0.25) is 5.82 Å². The summed E-state index contributed by atoms with van der Waals surface area (Å²) < 4.78 is 0. The Morgan fingerprint density at radius 3 is 2.57 bits per heavy atom. The molecule has 21 heavy (non-hydrogen) atoms. The highest BCUT2D eigenvalue weighted by Crippen LogP contribution is 2.36. The lowest BCUT2D eigenvalue weighted by molar-refractivity contribution is 0.0510. The summed E-state index contributed by atoms with van der Waals surface area (Å²) in [5.74, 6) is 2.62. The van der Waals surface area contributed by atoms with Crippen molar-refractivity contribution in [2.45, 2.75) is 58.3 Å². The minimum atomic E-state index is -0.109. The molecule has 3 rings (SSSR count). The monoisotopic (exact) mass is 290 g/mol. The van der Waals surface area contributed by atoms with Gasteiger partial charge < -0.3 is 4.90 Å². The molecule has 2 heterocycles. The topological polar surface area (TPSA) is 61.9 Å². The Labute approximate surface area is 126 Å². The second-order valence-corrected chi connectivity index (χ2v) is 7.60. The van der Waals surface area contributed by atoms with Gasteiger partial charge in [-0.1, -0.05) is 40.0 Å². The molecule has 1 amide bonds. The van der Waals surface area contributed by atoms with Crippen LogP contribution in [0.4, 0.5) is 0 Å². The first-order valence-corrected chi connectivity index (χ1v) is 8.17. The van der Waals surface area contributed by atoms with Crippen molar-refractivity contribution >= 4 is 5.91 Å². The number of fused-ring (bicyclic) bond motifs is 1. The Bertz CT molecular complexity index is 517. The van der Waals surface area contributed by atoms with Crippen LogP contribution >= 0.6 is 0 Å². The number of amides is 1. The Balaban J connectivity index is 1.69. The summed E-state index contributed by atoms with van der Waals surface area (Å²) in [6.07, 6.45) is 6.45. The maximum Gasteiger partial charge on any atom is 0.293 e. The van der Waals surface area contributed by atoms with Gasteiger partial charge in [-0.15, -0.1) is 5.10 Å². The molecule has 1 aromatic rings. The molecule has 1 saturated heterocycles. The van der Waals surface area contributed by atoms with Gasteiger partial charge in [-0.3, -0.25) is 9.89 Å². The van der Waals surface area contributed by atoms with Crippen molar-refractivity contribution in [1.82, 2.24) is 20.1 Å². The van der Waals surface area contributed by atoms with Crippen molar-refractivity contribution in [1.29, 1.82) is 0 Å². The third-order valence-corrected chi connectivity index (χ3v) is 4.97. The highest BCUT2D eigenvalue weighted by Gasteiger charge is 2.34. The van der Waals surface area contributed by atoms with Crippen molar-refractivity contribution in [3.8, 4) is 0 Å². The zero-order chi connectivity index (χ0) is 15.0. The Morgan fingerprint density at radius 1 is 1.19 bits per heavy atom. The van der Waals surface area contributed by atoms with Crippen LogP contribution in [-0.2, 0) is 5.41 Å². The summed E-state index contributed by atoms with van der Waals surface area (Å²) in [4.78, 5) is 19.0.